The van der Waals surface area contributed by atoms with Crippen LogP contribution in [-0.2, 0) is 34.4 Å². The van der Waals surface area contributed by atoms with E-state index < -0.39 is 5.54 Å². The summed E-state index contributed by atoms with van der Waals surface area (Å²) in [6.45, 7) is 3.55. The van der Waals surface area contributed by atoms with E-state index in [0.29, 0.717) is 25.8 Å². The van der Waals surface area contributed by atoms with Crippen molar-refractivity contribution in [2.75, 3.05) is 23.8 Å². The summed E-state index contributed by atoms with van der Waals surface area (Å²) in [5, 5.41) is 6.52. The first-order valence-electron chi connectivity index (χ1n) is 12.1. The maximum Gasteiger partial charge on any atom is 0.324 e. The monoisotopic (exact) mass is 545 g/mol. The number of anilines is 2. The molecule has 4 heterocycles. The van der Waals surface area contributed by atoms with Gasteiger partial charge in [0.2, 0.25) is 5.91 Å². The number of hydrogen-bond donors (Lipinski definition) is 2. The van der Waals surface area contributed by atoms with Crippen molar-refractivity contribution in [3.8, 4) is 0 Å². The molecule has 1 spiro atoms. The maximum atomic E-state index is 12.7. The number of likely N-dealkylation sites (N-methyl/N-ethyl adjacent to an activating group) is 1. The summed E-state index contributed by atoms with van der Waals surface area (Å²) in [5.41, 5.74) is 6.10. The van der Waals surface area contributed by atoms with Crippen LogP contribution in [0.25, 0.3) is 10.9 Å². The number of pyridine rings is 1. The van der Waals surface area contributed by atoms with Gasteiger partial charge in [0.1, 0.15) is 5.54 Å². The number of benzene rings is 2. The molecule has 7 rings (SSSR count). The van der Waals surface area contributed by atoms with Crippen LogP contribution in [0.2, 0.25) is 0 Å². The molecule has 1 saturated heterocycles. The zero-order valence-corrected chi connectivity index (χ0v) is 21.5. The Morgan fingerprint density at radius 2 is 1.81 bits per heavy atom. The number of nitrogens with one attached hydrogen (secondary N) is 2. The van der Waals surface area contributed by atoms with Gasteiger partial charge in [-0.25, -0.2) is 4.79 Å². The average Bonchev–Trinajstić information content (AvgIpc) is 3.40. The third-order valence-electron chi connectivity index (χ3n) is 8.41. The van der Waals surface area contributed by atoms with Crippen molar-refractivity contribution in [3.63, 3.8) is 0 Å². The van der Waals surface area contributed by atoms with Crippen LogP contribution in [0.4, 0.5) is 16.2 Å². The van der Waals surface area contributed by atoms with E-state index in [1.165, 1.54) is 5.56 Å². The van der Waals surface area contributed by atoms with Crippen LogP contribution >= 0.6 is 15.9 Å². The van der Waals surface area contributed by atoms with Gasteiger partial charge < -0.3 is 15.1 Å². The quantitative estimate of drug-likeness (QED) is 0.479. The molecule has 1 aromatic heterocycles. The van der Waals surface area contributed by atoms with Crippen molar-refractivity contribution in [2.45, 2.75) is 43.7 Å². The summed E-state index contributed by atoms with van der Waals surface area (Å²) >= 11 is 3.60. The van der Waals surface area contributed by atoms with Crippen LogP contribution in [0.1, 0.15) is 35.7 Å². The molecule has 1 aliphatic carbocycles. The molecule has 36 heavy (non-hydrogen) atoms. The summed E-state index contributed by atoms with van der Waals surface area (Å²) < 4.78 is 0.904. The minimum absolute atomic E-state index is 0.0449. The molecule has 2 atom stereocenters. The number of nitrogens with zero attached hydrogens (tertiary/aromatic N) is 3. The topological polar surface area (TPSA) is 94.6 Å². The van der Waals surface area contributed by atoms with Crippen molar-refractivity contribution in [2.24, 2.45) is 0 Å². The minimum Gasteiger partial charge on any atom is -0.364 e. The van der Waals surface area contributed by atoms with Gasteiger partial charge >= 0.3 is 6.03 Å². The molecule has 3 aromatic rings. The smallest absolute Gasteiger partial charge is 0.324 e. The fraction of sp³-hybridized carbons (Fsp3) is 0.333. The van der Waals surface area contributed by atoms with Crippen molar-refractivity contribution in [1.29, 1.82) is 0 Å². The predicted molar refractivity (Wildman–Crippen MR) is 139 cm³/mol. The SMILES string of the molecule is CN1C(=O)NC(=O)C12Cc1cc3ccc(CN4CC5(C)CC(=O)Nc6c(Br)ccc4c65)nc3cc1C2. The second kappa shape index (κ2) is 7.06. The van der Waals surface area contributed by atoms with Crippen molar-refractivity contribution < 1.29 is 14.4 Å². The van der Waals surface area contributed by atoms with Crippen LogP contribution in [0.15, 0.2) is 40.9 Å². The largest absolute Gasteiger partial charge is 0.364 e. The first-order chi connectivity index (χ1) is 17.2. The summed E-state index contributed by atoms with van der Waals surface area (Å²) in [4.78, 5) is 46.0. The zero-order valence-electron chi connectivity index (χ0n) is 19.9. The van der Waals surface area contributed by atoms with Crippen molar-refractivity contribution in [3.05, 3.63) is 63.3 Å². The molecule has 2 aromatic carbocycles. The Kier molecular flexibility index (Phi) is 4.28. The van der Waals surface area contributed by atoms with Gasteiger partial charge in [-0.2, -0.15) is 0 Å². The Morgan fingerprint density at radius 3 is 2.56 bits per heavy atom. The van der Waals surface area contributed by atoms with E-state index in [0.717, 1.165) is 50.1 Å². The normalized spacial score (nSPS) is 26.0. The Bertz CT molecular complexity index is 1550. The van der Waals surface area contributed by atoms with Crippen molar-refractivity contribution in [1.82, 2.24) is 15.2 Å². The van der Waals surface area contributed by atoms with Crippen molar-refractivity contribution >= 4 is 56.1 Å². The Hall–Kier alpha value is -3.46. The number of carbonyl (C=O) groups is 3. The lowest BCUT2D eigenvalue weighted by atomic mass is 9.78. The molecule has 9 heteroatoms. The number of aromatic nitrogens is 1. The van der Waals surface area contributed by atoms with Crippen LogP contribution in [0, 0.1) is 0 Å². The highest BCUT2D eigenvalue weighted by Crippen LogP contribution is 2.51. The number of carbonyl (C=O) groups excluding carboxylic acids is 3. The molecule has 0 radical (unpaired) electrons. The molecule has 2 N–H and O–H groups in total. The maximum absolute atomic E-state index is 12.7. The van der Waals surface area contributed by atoms with Gasteiger partial charge in [-0.1, -0.05) is 13.0 Å². The number of amides is 4. The first-order valence-corrected chi connectivity index (χ1v) is 12.8. The van der Waals surface area contributed by atoms with Gasteiger partial charge in [0, 0.05) is 59.4 Å². The summed E-state index contributed by atoms with van der Waals surface area (Å²) in [5.74, 6) is -0.181. The molecule has 8 nitrogen and oxygen atoms in total. The van der Waals surface area contributed by atoms with Gasteiger partial charge in [0.25, 0.3) is 5.91 Å². The van der Waals surface area contributed by atoms with E-state index in [1.54, 1.807) is 11.9 Å². The molecule has 0 bridgehead atoms. The molecule has 1 fully saturated rings. The highest BCUT2D eigenvalue weighted by atomic mass is 79.9. The number of fused-ring (bicyclic) bond motifs is 2. The molecule has 3 aliphatic heterocycles. The number of hydrogen-bond acceptors (Lipinski definition) is 5. The average molecular weight is 546 g/mol. The number of rotatable bonds is 2. The second-order valence-corrected chi connectivity index (χ2v) is 11.6. The predicted octanol–water partition coefficient (Wildman–Crippen LogP) is 3.64. The van der Waals surface area contributed by atoms with Gasteiger partial charge in [0.15, 0.2) is 0 Å². The van der Waals surface area contributed by atoms with E-state index in [1.807, 2.05) is 6.07 Å². The lowest BCUT2D eigenvalue weighted by molar-refractivity contribution is -0.125. The van der Waals surface area contributed by atoms with Crippen LogP contribution in [0.5, 0.6) is 0 Å². The molecular weight excluding hydrogens is 522 g/mol. The van der Waals surface area contributed by atoms with Crippen LogP contribution in [0.3, 0.4) is 0 Å². The molecule has 182 valence electrons. The van der Waals surface area contributed by atoms with Gasteiger partial charge in [-0.3, -0.25) is 19.9 Å². The highest BCUT2D eigenvalue weighted by molar-refractivity contribution is 9.10. The Balaban J connectivity index is 1.22. The fourth-order valence-corrected chi connectivity index (χ4v) is 7.05. The van der Waals surface area contributed by atoms with Gasteiger partial charge in [-0.05, 0) is 57.4 Å². The number of halogens is 1. The summed E-state index contributed by atoms with van der Waals surface area (Å²) in [6.07, 6.45) is 1.47. The molecule has 4 aliphatic rings. The number of imide groups is 1. The lowest BCUT2D eigenvalue weighted by Gasteiger charge is -2.31. The molecular formula is C27H24BrN5O3. The van der Waals surface area contributed by atoms with E-state index in [9.17, 15) is 14.4 Å². The Morgan fingerprint density at radius 1 is 1.03 bits per heavy atom. The molecule has 4 amide bonds. The minimum atomic E-state index is -0.840. The fourth-order valence-electron chi connectivity index (χ4n) is 6.62. The molecule has 0 saturated carbocycles. The van der Waals surface area contributed by atoms with Gasteiger partial charge in [-0.15, -0.1) is 0 Å². The number of urea groups is 1. The summed E-state index contributed by atoms with van der Waals surface area (Å²) in [7, 11) is 1.69. The highest BCUT2D eigenvalue weighted by Gasteiger charge is 2.54. The van der Waals surface area contributed by atoms with Crippen LogP contribution in [-0.4, -0.2) is 46.9 Å². The molecule has 2 unspecified atom stereocenters. The van der Waals surface area contributed by atoms with E-state index in [4.69, 9.17) is 4.98 Å². The lowest BCUT2D eigenvalue weighted by Crippen LogP contribution is -2.48. The standard InChI is InChI=1S/C27H24BrN5O3/c1-26-11-21(34)30-23-18(28)5-6-20(22(23)26)33(13-26)12-17-4-3-14-7-15-9-27(10-16(15)8-19(14)29-17)24(35)31-25(36)32(27)2/h3-8H,9-13H2,1-2H3,(H,30,34)(H,31,35,36). The van der Waals surface area contributed by atoms with Crippen LogP contribution < -0.4 is 15.5 Å². The second-order valence-electron chi connectivity index (χ2n) is 10.8. The zero-order chi connectivity index (χ0) is 25.0. The van der Waals surface area contributed by atoms with E-state index in [-0.39, 0.29) is 23.3 Å². The van der Waals surface area contributed by atoms with Gasteiger partial charge in [0.05, 0.1) is 23.4 Å². The summed E-state index contributed by atoms with van der Waals surface area (Å²) in [6, 6.07) is 12.1. The van der Waals surface area contributed by atoms with E-state index >= 15 is 0 Å². The van der Waals surface area contributed by atoms with E-state index in [2.05, 4.69) is 68.7 Å². The third-order valence-corrected chi connectivity index (χ3v) is 9.07. The Labute approximate surface area is 216 Å². The first kappa shape index (κ1) is 21.8. The third kappa shape index (κ3) is 2.86.